The Balaban J connectivity index is 3.11. The molecule has 0 atom stereocenters. The van der Waals surface area contributed by atoms with Crippen LogP contribution in [0.3, 0.4) is 0 Å². The van der Waals surface area contributed by atoms with Crippen molar-refractivity contribution in [3.8, 4) is 5.75 Å². The van der Waals surface area contributed by atoms with E-state index in [1.54, 1.807) is 0 Å². The second-order valence-electron chi connectivity index (χ2n) is 7.74. The van der Waals surface area contributed by atoms with Crippen molar-refractivity contribution in [1.82, 2.24) is 0 Å². The van der Waals surface area contributed by atoms with Crippen molar-refractivity contribution in [2.45, 2.75) is 91.4 Å². The van der Waals surface area contributed by atoms with Crippen LogP contribution in [0.1, 0.15) is 91.7 Å². The van der Waals surface area contributed by atoms with E-state index in [0.717, 1.165) is 31.6 Å². The Morgan fingerprint density at radius 1 is 0.864 bits per heavy atom. The molecule has 1 aromatic carbocycles. The van der Waals surface area contributed by atoms with Gasteiger partial charge in [0.1, 0.15) is 5.75 Å². The molecule has 1 rings (SSSR count). The number of unbranched alkanes of at least 4 members (excludes halogenated alkanes) is 2. The van der Waals surface area contributed by atoms with Gasteiger partial charge in [-0.15, -0.1) is 0 Å². The molecule has 0 fully saturated rings. The van der Waals surface area contributed by atoms with Crippen LogP contribution in [-0.2, 0) is 10.8 Å². The monoisotopic (exact) mass is 304 g/mol. The molecule has 0 unspecified atom stereocenters. The van der Waals surface area contributed by atoms with E-state index in [1.807, 2.05) is 0 Å². The van der Waals surface area contributed by atoms with E-state index < -0.39 is 0 Å². The molecular formula is C21H36O. The third-order valence-electron chi connectivity index (χ3n) is 5.26. The number of ether oxygens (including phenoxy) is 1. The molecule has 0 aliphatic rings. The standard InChI is InChI=1S/C21H36O/c1-8-11-12-15-22-19-14-13-17(20(4,5)9-2)16-18(19)21(6,7)10-3/h13-14,16H,8-12,15H2,1-7H3. The average Bonchev–Trinajstić information content (AvgIpc) is 2.51. The molecule has 0 aromatic heterocycles. The van der Waals surface area contributed by atoms with Crippen molar-refractivity contribution in [2.24, 2.45) is 0 Å². The maximum absolute atomic E-state index is 6.13. The van der Waals surface area contributed by atoms with Crippen LogP contribution in [0.25, 0.3) is 0 Å². The first-order valence-corrected chi connectivity index (χ1v) is 9.06. The van der Waals surface area contributed by atoms with Crippen molar-refractivity contribution in [1.29, 1.82) is 0 Å². The van der Waals surface area contributed by atoms with E-state index in [0.29, 0.717) is 0 Å². The zero-order chi connectivity index (χ0) is 16.8. The summed E-state index contributed by atoms with van der Waals surface area (Å²) in [5.41, 5.74) is 3.16. The molecule has 0 saturated heterocycles. The Labute approximate surface area is 138 Å². The first-order valence-electron chi connectivity index (χ1n) is 9.06. The number of benzene rings is 1. The SMILES string of the molecule is CCCCCOc1ccc(C(C)(C)CC)cc1C(C)(C)CC. The molecule has 0 radical (unpaired) electrons. The van der Waals surface area contributed by atoms with Crippen LogP contribution in [0.5, 0.6) is 5.75 Å². The van der Waals surface area contributed by atoms with Gasteiger partial charge in [0.15, 0.2) is 0 Å². The van der Waals surface area contributed by atoms with Gasteiger partial charge in [0.25, 0.3) is 0 Å². The second-order valence-corrected chi connectivity index (χ2v) is 7.74. The zero-order valence-electron chi connectivity index (χ0n) is 15.9. The molecule has 0 heterocycles. The lowest BCUT2D eigenvalue weighted by Crippen LogP contribution is -2.21. The summed E-state index contributed by atoms with van der Waals surface area (Å²) < 4.78 is 6.13. The lowest BCUT2D eigenvalue weighted by molar-refractivity contribution is 0.295. The fraction of sp³-hybridized carbons (Fsp3) is 0.714. The highest BCUT2D eigenvalue weighted by Crippen LogP contribution is 2.38. The van der Waals surface area contributed by atoms with Gasteiger partial charge in [0.05, 0.1) is 6.61 Å². The van der Waals surface area contributed by atoms with E-state index >= 15 is 0 Å². The largest absolute Gasteiger partial charge is 0.493 e. The van der Waals surface area contributed by atoms with Crippen LogP contribution in [0.15, 0.2) is 18.2 Å². The van der Waals surface area contributed by atoms with Gasteiger partial charge in [-0.3, -0.25) is 0 Å². The Kier molecular flexibility index (Phi) is 6.97. The Hall–Kier alpha value is -0.980. The molecule has 1 nitrogen and oxygen atoms in total. The molecule has 0 bridgehead atoms. The summed E-state index contributed by atoms with van der Waals surface area (Å²) in [6.45, 7) is 16.9. The summed E-state index contributed by atoms with van der Waals surface area (Å²) in [5, 5.41) is 0. The molecule has 1 heteroatoms. The van der Waals surface area contributed by atoms with Crippen LogP contribution in [0, 0.1) is 0 Å². The minimum atomic E-state index is 0.153. The minimum Gasteiger partial charge on any atom is -0.493 e. The molecule has 0 aliphatic heterocycles. The lowest BCUT2D eigenvalue weighted by Gasteiger charge is -2.30. The highest BCUT2D eigenvalue weighted by Gasteiger charge is 2.26. The van der Waals surface area contributed by atoms with E-state index in [-0.39, 0.29) is 10.8 Å². The fourth-order valence-corrected chi connectivity index (χ4v) is 2.53. The van der Waals surface area contributed by atoms with Crippen molar-refractivity contribution < 1.29 is 4.74 Å². The maximum Gasteiger partial charge on any atom is 0.123 e. The van der Waals surface area contributed by atoms with E-state index in [9.17, 15) is 0 Å². The van der Waals surface area contributed by atoms with Crippen LogP contribution in [0.4, 0.5) is 0 Å². The van der Waals surface area contributed by atoms with Crippen LogP contribution < -0.4 is 4.74 Å². The van der Waals surface area contributed by atoms with Gasteiger partial charge >= 0.3 is 0 Å². The van der Waals surface area contributed by atoms with Crippen molar-refractivity contribution in [3.63, 3.8) is 0 Å². The third kappa shape index (κ3) is 4.76. The first-order chi connectivity index (χ1) is 10.3. The highest BCUT2D eigenvalue weighted by molar-refractivity contribution is 5.44. The molecule has 0 spiro atoms. The molecule has 1 aromatic rings. The van der Waals surface area contributed by atoms with Gasteiger partial charge in [0, 0.05) is 5.56 Å². The summed E-state index contributed by atoms with van der Waals surface area (Å²) in [7, 11) is 0. The Morgan fingerprint density at radius 3 is 2.05 bits per heavy atom. The number of rotatable bonds is 9. The maximum atomic E-state index is 6.13. The quantitative estimate of drug-likeness (QED) is 0.465. The van der Waals surface area contributed by atoms with Gasteiger partial charge in [0.2, 0.25) is 0 Å². The zero-order valence-corrected chi connectivity index (χ0v) is 15.9. The van der Waals surface area contributed by atoms with Crippen molar-refractivity contribution in [2.75, 3.05) is 6.61 Å². The summed E-state index contributed by atoms with van der Waals surface area (Å²) in [5.74, 6) is 1.08. The summed E-state index contributed by atoms with van der Waals surface area (Å²) in [4.78, 5) is 0. The van der Waals surface area contributed by atoms with Crippen LogP contribution in [-0.4, -0.2) is 6.61 Å². The summed E-state index contributed by atoms with van der Waals surface area (Å²) in [6.07, 6.45) is 5.89. The molecule has 22 heavy (non-hydrogen) atoms. The molecule has 0 aliphatic carbocycles. The average molecular weight is 305 g/mol. The van der Waals surface area contributed by atoms with E-state index in [1.165, 1.54) is 24.0 Å². The number of hydrogen-bond donors (Lipinski definition) is 0. The minimum absolute atomic E-state index is 0.153. The van der Waals surface area contributed by atoms with Crippen molar-refractivity contribution >= 4 is 0 Å². The normalized spacial score (nSPS) is 12.5. The highest BCUT2D eigenvalue weighted by atomic mass is 16.5. The summed E-state index contributed by atoms with van der Waals surface area (Å²) >= 11 is 0. The smallest absolute Gasteiger partial charge is 0.123 e. The molecular weight excluding hydrogens is 268 g/mol. The summed E-state index contributed by atoms with van der Waals surface area (Å²) in [6, 6.07) is 6.85. The predicted molar refractivity (Wildman–Crippen MR) is 98.1 cm³/mol. The lowest BCUT2D eigenvalue weighted by atomic mass is 9.76. The first kappa shape index (κ1) is 19.1. The Morgan fingerprint density at radius 2 is 1.50 bits per heavy atom. The second kappa shape index (κ2) is 8.04. The molecule has 0 amide bonds. The topological polar surface area (TPSA) is 9.23 Å². The predicted octanol–water partition coefficient (Wildman–Crippen LogP) is 6.63. The van der Waals surface area contributed by atoms with Crippen molar-refractivity contribution in [3.05, 3.63) is 29.3 Å². The van der Waals surface area contributed by atoms with Crippen LogP contribution >= 0.6 is 0 Å². The fourth-order valence-electron chi connectivity index (χ4n) is 2.53. The van der Waals surface area contributed by atoms with E-state index in [4.69, 9.17) is 4.74 Å². The Bertz CT molecular complexity index is 457. The molecule has 126 valence electrons. The van der Waals surface area contributed by atoms with Gasteiger partial charge in [-0.1, -0.05) is 73.4 Å². The van der Waals surface area contributed by atoms with Gasteiger partial charge in [-0.05, 0) is 41.7 Å². The van der Waals surface area contributed by atoms with Crippen LogP contribution in [0.2, 0.25) is 0 Å². The molecule has 0 saturated carbocycles. The molecule has 0 N–H and O–H groups in total. The number of hydrogen-bond acceptors (Lipinski definition) is 1. The van der Waals surface area contributed by atoms with E-state index in [2.05, 4.69) is 66.7 Å². The van der Waals surface area contributed by atoms with Gasteiger partial charge < -0.3 is 4.74 Å². The van der Waals surface area contributed by atoms with Gasteiger partial charge in [-0.25, -0.2) is 0 Å². The third-order valence-corrected chi connectivity index (χ3v) is 5.26. The van der Waals surface area contributed by atoms with Gasteiger partial charge in [-0.2, -0.15) is 0 Å².